The number of H-pyrrole nitrogens is 1. The van der Waals surface area contributed by atoms with Gasteiger partial charge in [0.2, 0.25) is 11.8 Å². The van der Waals surface area contributed by atoms with Gasteiger partial charge in [-0.3, -0.25) is 14.4 Å². The highest BCUT2D eigenvalue weighted by molar-refractivity contribution is 5.86. The molecule has 0 fully saturated rings. The third kappa shape index (κ3) is 11.6. The fraction of sp³-hybridized carbons (Fsp3) is 0.341. The zero-order valence-electron chi connectivity index (χ0n) is 28.3. The summed E-state index contributed by atoms with van der Waals surface area (Å²) in [6.45, 7) is 7.93. The van der Waals surface area contributed by atoms with Crippen molar-refractivity contribution in [2.45, 2.75) is 57.5 Å². The van der Waals surface area contributed by atoms with Crippen LogP contribution in [0.25, 0.3) is 10.9 Å². The van der Waals surface area contributed by atoms with Crippen LogP contribution >= 0.6 is 0 Å². The van der Waals surface area contributed by atoms with Gasteiger partial charge in [0.1, 0.15) is 6.61 Å². The summed E-state index contributed by atoms with van der Waals surface area (Å²) in [4.78, 5) is 45.8. The molecule has 0 aliphatic rings. The number of carbonyl (C=O) groups excluding carboxylic acids is 3. The molecule has 3 N–H and O–H groups in total. The number of ether oxygens (including phenoxy) is 1. The highest BCUT2D eigenvalue weighted by Gasteiger charge is 2.28. The maximum atomic E-state index is 13.9. The molecule has 1 heterocycles. The highest BCUT2D eigenvalue weighted by atomic mass is 16.5. The van der Waals surface area contributed by atoms with Gasteiger partial charge in [0.15, 0.2) is 0 Å². The van der Waals surface area contributed by atoms with E-state index in [1.807, 2.05) is 97.2 Å². The lowest BCUT2D eigenvalue weighted by Crippen LogP contribution is -2.45. The summed E-state index contributed by atoms with van der Waals surface area (Å²) in [5.74, 6) is -1.87. The molecule has 8 heteroatoms. The lowest BCUT2D eigenvalue weighted by molar-refractivity contribution is -0.150. The van der Waals surface area contributed by atoms with Crippen molar-refractivity contribution in [3.05, 3.63) is 133 Å². The second kappa shape index (κ2) is 19.8. The van der Waals surface area contributed by atoms with E-state index in [4.69, 9.17) is 4.74 Å². The Morgan fingerprint density at radius 1 is 0.878 bits per heavy atom. The molecule has 49 heavy (non-hydrogen) atoms. The Balaban J connectivity index is 1.50. The summed E-state index contributed by atoms with van der Waals surface area (Å²) in [7, 11) is 0. The molecule has 1 aromatic heterocycles. The highest BCUT2D eigenvalue weighted by Crippen LogP contribution is 2.22. The number of allylic oxidation sites excluding steroid dienone is 2. The molecular weight excluding hydrogens is 614 g/mol. The van der Waals surface area contributed by atoms with Gasteiger partial charge in [-0.1, -0.05) is 91.0 Å². The SMILES string of the molecule is C=CCCCC(Cc1ccccc1)C(=O)OCC(Cc1c[nH]c2ccccc12)NC(=O)C(CC=C)CC(=O)N(CCO)Cc1ccccc1. The van der Waals surface area contributed by atoms with E-state index in [9.17, 15) is 19.5 Å². The average Bonchev–Trinajstić information content (AvgIpc) is 3.53. The van der Waals surface area contributed by atoms with E-state index in [1.165, 1.54) is 0 Å². The van der Waals surface area contributed by atoms with Gasteiger partial charge in [0.05, 0.1) is 24.5 Å². The normalized spacial score (nSPS) is 12.8. The molecule has 3 atom stereocenters. The molecular formula is C41H49N3O5. The van der Waals surface area contributed by atoms with Crippen LogP contribution in [-0.2, 0) is 38.5 Å². The predicted molar refractivity (Wildman–Crippen MR) is 194 cm³/mol. The van der Waals surface area contributed by atoms with Crippen molar-refractivity contribution >= 4 is 28.7 Å². The van der Waals surface area contributed by atoms with Crippen LogP contribution in [0.3, 0.4) is 0 Å². The first-order valence-electron chi connectivity index (χ1n) is 17.1. The van der Waals surface area contributed by atoms with Gasteiger partial charge in [-0.2, -0.15) is 0 Å². The van der Waals surface area contributed by atoms with Crippen LogP contribution in [0.2, 0.25) is 0 Å². The Hall–Kier alpha value is -4.95. The number of benzene rings is 3. The summed E-state index contributed by atoms with van der Waals surface area (Å²) >= 11 is 0. The standard InChI is InChI=1S/C41H49N3O5/c1-3-5-8-20-34(25-31-16-9-6-10-17-31)41(48)49-30-36(26-35-28-42-38-22-14-13-21-37(35)38)43-40(47)33(15-4-2)27-39(46)44(23-24-45)29-32-18-11-7-12-19-32/h3-4,6-7,9-14,16-19,21-22,28,33-34,36,42,45H,1-2,5,8,15,20,23-27,29-30H2,(H,43,47). The summed E-state index contributed by atoms with van der Waals surface area (Å²) in [6, 6.07) is 26.8. The maximum absolute atomic E-state index is 13.9. The van der Waals surface area contributed by atoms with Gasteiger partial charge in [-0.25, -0.2) is 0 Å². The first-order chi connectivity index (χ1) is 23.9. The first kappa shape index (κ1) is 36.9. The number of hydrogen-bond acceptors (Lipinski definition) is 5. The molecule has 0 radical (unpaired) electrons. The number of aromatic amines is 1. The number of esters is 1. The van der Waals surface area contributed by atoms with Crippen LogP contribution in [0.5, 0.6) is 0 Å². The van der Waals surface area contributed by atoms with Crippen molar-refractivity contribution < 1.29 is 24.2 Å². The third-order valence-electron chi connectivity index (χ3n) is 8.72. The summed E-state index contributed by atoms with van der Waals surface area (Å²) < 4.78 is 5.98. The number of amides is 2. The Labute approximate surface area is 289 Å². The van der Waals surface area contributed by atoms with Crippen LogP contribution in [0, 0.1) is 11.8 Å². The molecule has 4 rings (SSSR count). The molecule has 0 aliphatic carbocycles. The lowest BCUT2D eigenvalue weighted by Gasteiger charge is -2.26. The van der Waals surface area contributed by atoms with Crippen molar-refractivity contribution in [3.63, 3.8) is 0 Å². The van der Waals surface area contributed by atoms with E-state index in [0.29, 0.717) is 25.8 Å². The molecule has 0 spiro atoms. The Bertz CT molecular complexity index is 1630. The van der Waals surface area contributed by atoms with Crippen LogP contribution in [0.1, 0.15) is 48.8 Å². The quantitative estimate of drug-likeness (QED) is 0.0532. The van der Waals surface area contributed by atoms with Gasteiger partial charge in [-0.05, 0) is 61.3 Å². The van der Waals surface area contributed by atoms with Gasteiger partial charge < -0.3 is 25.0 Å². The molecule has 258 valence electrons. The predicted octanol–water partition coefficient (Wildman–Crippen LogP) is 6.56. The summed E-state index contributed by atoms with van der Waals surface area (Å²) in [5, 5.41) is 13.8. The maximum Gasteiger partial charge on any atom is 0.309 e. The van der Waals surface area contributed by atoms with E-state index < -0.39 is 12.0 Å². The number of rotatable bonds is 21. The first-order valence-corrected chi connectivity index (χ1v) is 17.1. The van der Waals surface area contributed by atoms with Gasteiger partial charge in [0, 0.05) is 36.6 Å². The number of nitrogens with zero attached hydrogens (tertiary/aromatic N) is 1. The lowest BCUT2D eigenvalue weighted by atomic mass is 9.94. The molecule has 8 nitrogen and oxygen atoms in total. The van der Waals surface area contributed by atoms with Gasteiger partial charge in [0.25, 0.3) is 0 Å². The van der Waals surface area contributed by atoms with Crippen molar-refractivity contribution in [2.75, 3.05) is 19.8 Å². The topological polar surface area (TPSA) is 112 Å². The number of unbranched alkanes of at least 4 members (excludes halogenated alkanes) is 1. The van der Waals surface area contributed by atoms with Crippen molar-refractivity contribution in [1.82, 2.24) is 15.2 Å². The molecule has 0 saturated carbocycles. The molecule has 4 aromatic rings. The van der Waals surface area contributed by atoms with Gasteiger partial charge >= 0.3 is 5.97 Å². The number of aliphatic hydroxyl groups is 1. The van der Waals surface area contributed by atoms with Crippen LogP contribution in [0.4, 0.5) is 0 Å². The average molecular weight is 664 g/mol. The second-order valence-electron chi connectivity index (χ2n) is 12.5. The Morgan fingerprint density at radius 3 is 2.27 bits per heavy atom. The summed E-state index contributed by atoms with van der Waals surface area (Å²) in [6.07, 6.45) is 8.92. The summed E-state index contributed by atoms with van der Waals surface area (Å²) in [5.41, 5.74) is 3.95. The minimum atomic E-state index is -0.687. The van der Waals surface area contributed by atoms with Crippen LogP contribution < -0.4 is 5.32 Å². The largest absolute Gasteiger partial charge is 0.463 e. The fourth-order valence-corrected chi connectivity index (χ4v) is 6.09. The molecule has 0 saturated heterocycles. The number of hydrogen-bond donors (Lipinski definition) is 3. The number of nitrogens with one attached hydrogen (secondary N) is 2. The smallest absolute Gasteiger partial charge is 0.309 e. The van der Waals surface area contributed by atoms with Crippen molar-refractivity contribution in [1.29, 1.82) is 0 Å². The Kier molecular flexibility index (Phi) is 14.9. The van der Waals surface area contributed by atoms with E-state index in [0.717, 1.165) is 40.4 Å². The third-order valence-corrected chi connectivity index (χ3v) is 8.72. The van der Waals surface area contributed by atoms with E-state index in [1.54, 1.807) is 11.0 Å². The van der Waals surface area contributed by atoms with E-state index in [2.05, 4.69) is 23.5 Å². The minimum Gasteiger partial charge on any atom is -0.463 e. The van der Waals surface area contributed by atoms with Crippen LogP contribution in [-0.4, -0.2) is 58.6 Å². The number of fused-ring (bicyclic) bond motifs is 1. The Morgan fingerprint density at radius 2 is 1.57 bits per heavy atom. The second-order valence-corrected chi connectivity index (χ2v) is 12.5. The molecule has 3 unspecified atom stereocenters. The molecule has 2 amide bonds. The monoisotopic (exact) mass is 663 g/mol. The number of aliphatic hydroxyl groups excluding tert-OH is 1. The van der Waals surface area contributed by atoms with E-state index in [-0.39, 0.29) is 56.3 Å². The molecule has 0 aliphatic heterocycles. The number of para-hydroxylation sites is 1. The van der Waals surface area contributed by atoms with Crippen LogP contribution in [0.15, 0.2) is 116 Å². The molecule has 3 aromatic carbocycles. The zero-order chi connectivity index (χ0) is 34.8. The van der Waals surface area contributed by atoms with Gasteiger partial charge in [-0.15, -0.1) is 13.2 Å². The van der Waals surface area contributed by atoms with Crippen molar-refractivity contribution in [3.8, 4) is 0 Å². The van der Waals surface area contributed by atoms with E-state index >= 15 is 0 Å². The number of aromatic nitrogens is 1. The molecule has 0 bridgehead atoms. The zero-order valence-corrected chi connectivity index (χ0v) is 28.3. The number of carbonyl (C=O) groups is 3. The fourth-order valence-electron chi connectivity index (χ4n) is 6.09. The minimum absolute atomic E-state index is 0.0176. The van der Waals surface area contributed by atoms with Crippen molar-refractivity contribution in [2.24, 2.45) is 11.8 Å².